The Morgan fingerprint density at radius 1 is 1.42 bits per heavy atom. The lowest BCUT2D eigenvalue weighted by Gasteiger charge is -2.06. The van der Waals surface area contributed by atoms with Crippen LogP contribution in [0.1, 0.15) is 12.1 Å². The first-order valence-electron chi connectivity index (χ1n) is 5.73. The number of anilines is 1. The smallest absolute Gasteiger partial charge is 0.226 e. The van der Waals surface area contributed by atoms with Gasteiger partial charge in [0.15, 0.2) is 0 Å². The molecule has 0 aliphatic carbocycles. The van der Waals surface area contributed by atoms with E-state index in [-0.39, 0.29) is 18.9 Å². The van der Waals surface area contributed by atoms with Crippen molar-refractivity contribution in [1.29, 1.82) is 0 Å². The van der Waals surface area contributed by atoms with E-state index in [9.17, 15) is 4.79 Å². The summed E-state index contributed by atoms with van der Waals surface area (Å²) in [5, 5.41) is 19.6. The van der Waals surface area contributed by atoms with Crippen molar-refractivity contribution in [3.05, 3.63) is 41.2 Å². The summed E-state index contributed by atoms with van der Waals surface area (Å²) in [6, 6.07) is 7.04. The van der Waals surface area contributed by atoms with Gasteiger partial charge in [-0.15, -0.1) is 5.10 Å². The Bertz CT molecular complexity index is 570. The van der Waals surface area contributed by atoms with Gasteiger partial charge in [0.1, 0.15) is 5.69 Å². The van der Waals surface area contributed by atoms with Crippen LogP contribution in [0.4, 0.5) is 5.69 Å². The van der Waals surface area contributed by atoms with Gasteiger partial charge in [0.25, 0.3) is 0 Å². The molecular weight excluding hydrogens is 268 g/mol. The number of carbonyl (C=O) groups is 1. The standard InChI is InChI=1S/C12H13ClN4O2/c13-10-3-1-2-4-11(10)14-12(19)5-6-17-7-9(8-18)15-16-17/h1-4,7,18H,5-6,8H2,(H,14,19). The maximum Gasteiger partial charge on any atom is 0.226 e. The minimum Gasteiger partial charge on any atom is -0.390 e. The Hall–Kier alpha value is -1.92. The largest absolute Gasteiger partial charge is 0.390 e. The Morgan fingerprint density at radius 2 is 2.21 bits per heavy atom. The number of benzene rings is 1. The molecule has 0 fully saturated rings. The SMILES string of the molecule is O=C(CCn1cc(CO)nn1)Nc1ccccc1Cl. The molecule has 0 radical (unpaired) electrons. The molecule has 2 aromatic rings. The van der Waals surface area contributed by atoms with E-state index < -0.39 is 0 Å². The number of aryl methyl sites for hydroxylation is 1. The van der Waals surface area contributed by atoms with Gasteiger partial charge in [-0.25, -0.2) is 0 Å². The summed E-state index contributed by atoms with van der Waals surface area (Å²) in [5.41, 5.74) is 1.07. The molecule has 1 aromatic carbocycles. The fourth-order valence-corrected chi connectivity index (χ4v) is 1.69. The molecule has 0 bridgehead atoms. The maximum absolute atomic E-state index is 11.7. The van der Waals surface area contributed by atoms with Crippen LogP contribution in [0.3, 0.4) is 0 Å². The van der Waals surface area contributed by atoms with Crippen LogP contribution in [0.15, 0.2) is 30.5 Å². The molecule has 0 spiro atoms. The maximum atomic E-state index is 11.7. The number of nitrogens with zero attached hydrogens (tertiary/aromatic N) is 3. The second-order valence-electron chi connectivity index (χ2n) is 3.91. The number of aliphatic hydroxyl groups excluding tert-OH is 1. The highest BCUT2D eigenvalue weighted by Gasteiger charge is 2.06. The van der Waals surface area contributed by atoms with Crippen LogP contribution in [0, 0.1) is 0 Å². The Labute approximate surface area is 115 Å². The Morgan fingerprint density at radius 3 is 2.89 bits per heavy atom. The zero-order chi connectivity index (χ0) is 13.7. The molecule has 0 unspecified atom stereocenters. The van der Waals surface area contributed by atoms with Crippen LogP contribution >= 0.6 is 11.6 Å². The predicted octanol–water partition coefficient (Wildman–Crippen LogP) is 1.45. The monoisotopic (exact) mass is 280 g/mol. The molecule has 1 aromatic heterocycles. The first-order chi connectivity index (χ1) is 9.19. The Kier molecular flexibility index (Phi) is 4.48. The van der Waals surface area contributed by atoms with E-state index in [1.165, 1.54) is 4.68 Å². The molecule has 2 rings (SSSR count). The summed E-state index contributed by atoms with van der Waals surface area (Å²) in [7, 11) is 0. The third kappa shape index (κ3) is 3.77. The molecule has 19 heavy (non-hydrogen) atoms. The highest BCUT2D eigenvalue weighted by Crippen LogP contribution is 2.20. The van der Waals surface area contributed by atoms with Crippen molar-refractivity contribution in [1.82, 2.24) is 15.0 Å². The van der Waals surface area contributed by atoms with Gasteiger partial charge in [0.05, 0.1) is 30.1 Å². The number of para-hydroxylation sites is 1. The summed E-state index contributed by atoms with van der Waals surface area (Å²) in [6.07, 6.45) is 1.85. The molecule has 0 aliphatic rings. The van der Waals surface area contributed by atoms with E-state index in [0.717, 1.165) is 0 Å². The zero-order valence-electron chi connectivity index (χ0n) is 10.1. The van der Waals surface area contributed by atoms with E-state index in [1.54, 1.807) is 30.5 Å². The lowest BCUT2D eigenvalue weighted by atomic mass is 10.3. The van der Waals surface area contributed by atoms with Gasteiger partial charge in [0.2, 0.25) is 5.91 Å². The number of hydrogen-bond acceptors (Lipinski definition) is 4. The molecule has 0 saturated carbocycles. The molecule has 1 heterocycles. The van der Waals surface area contributed by atoms with Gasteiger partial charge < -0.3 is 10.4 Å². The van der Waals surface area contributed by atoms with Gasteiger partial charge in [-0.2, -0.15) is 0 Å². The molecule has 7 heteroatoms. The van der Waals surface area contributed by atoms with Crippen LogP contribution in [0.25, 0.3) is 0 Å². The zero-order valence-corrected chi connectivity index (χ0v) is 10.8. The van der Waals surface area contributed by atoms with Crippen molar-refractivity contribution >= 4 is 23.2 Å². The molecule has 0 aliphatic heterocycles. The van der Waals surface area contributed by atoms with E-state index in [2.05, 4.69) is 15.6 Å². The van der Waals surface area contributed by atoms with Crippen LogP contribution in [0.2, 0.25) is 5.02 Å². The number of aromatic nitrogens is 3. The second-order valence-corrected chi connectivity index (χ2v) is 4.32. The quantitative estimate of drug-likeness (QED) is 0.869. The van der Waals surface area contributed by atoms with Crippen molar-refractivity contribution in [2.24, 2.45) is 0 Å². The average molecular weight is 281 g/mol. The number of halogens is 1. The van der Waals surface area contributed by atoms with Crippen molar-refractivity contribution in [2.75, 3.05) is 5.32 Å². The van der Waals surface area contributed by atoms with Gasteiger partial charge in [-0.05, 0) is 12.1 Å². The molecule has 6 nitrogen and oxygen atoms in total. The highest BCUT2D eigenvalue weighted by molar-refractivity contribution is 6.33. The number of rotatable bonds is 5. The van der Waals surface area contributed by atoms with E-state index >= 15 is 0 Å². The van der Waals surface area contributed by atoms with E-state index in [0.29, 0.717) is 22.9 Å². The van der Waals surface area contributed by atoms with Crippen LogP contribution in [-0.4, -0.2) is 26.0 Å². The van der Waals surface area contributed by atoms with Crippen molar-refractivity contribution in [3.63, 3.8) is 0 Å². The molecule has 0 atom stereocenters. The van der Waals surface area contributed by atoms with Gasteiger partial charge in [0, 0.05) is 6.42 Å². The van der Waals surface area contributed by atoms with Gasteiger partial charge in [-0.1, -0.05) is 28.9 Å². The minimum atomic E-state index is -0.161. The molecule has 2 N–H and O–H groups in total. The Balaban J connectivity index is 1.86. The molecule has 0 saturated heterocycles. The van der Waals surface area contributed by atoms with E-state index in [4.69, 9.17) is 16.7 Å². The van der Waals surface area contributed by atoms with Crippen molar-refractivity contribution < 1.29 is 9.90 Å². The fraction of sp³-hybridized carbons (Fsp3) is 0.250. The lowest BCUT2D eigenvalue weighted by Crippen LogP contribution is -2.15. The summed E-state index contributed by atoms with van der Waals surface area (Å²) < 4.78 is 1.51. The first-order valence-corrected chi connectivity index (χ1v) is 6.11. The first kappa shape index (κ1) is 13.5. The van der Waals surface area contributed by atoms with Gasteiger partial charge in [-0.3, -0.25) is 9.48 Å². The number of aliphatic hydroxyl groups is 1. The predicted molar refractivity (Wildman–Crippen MR) is 70.6 cm³/mol. The summed E-state index contributed by atoms with van der Waals surface area (Å²) in [5.74, 6) is -0.158. The van der Waals surface area contributed by atoms with Crippen LogP contribution in [0.5, 0.6) is 0 Å². The molecule has 1 amide bonds. The third-order valence-electron chi connectivity index (χ3n) is 2.46. The van der Waals surface area contributed by atoms with Crippen LogP contribution in [-0.2, 0) is 17.9 Å². The number of carbonyl (C=O) groups excluding carboxylic acids is 1. The number of nitrogens with one attached hydrogen (secondary N) is 1. The molecule has 100 valence electrons. The lowest BCUT2D eigenvalue weighted by molar-refractivity contribution is -0.116. The topological polar surface area (TPSA) is 80.0 Å². The summed E-state index contributed by atoms with van der Waals surface area (Å²) in [4.78, 5) is 11.7. The highest BCUT2D eigenvalue weighted by atomic mass is 35.5. The van der Waals surface area contributed by atoms with Crippen molar-refractivity contribution in [3.8, 4) is 0 Å². The number of hydrogen-bond donors (Lipinski definition) is 2. The normalized spacial score (nSPS) is 10.4. The van der Waals surface area contributed by atoms with E-state index in [1.807, 2.05) is 0 Å². The molecular formula is C12H13ClN4O2. The third-order valence-corrected chi connectivity index (χ3v) is 2.79. The summed E-state index contributed by atoms with van der Waals surface area (Å²) in [6.45, 7) is 0.231. The summed E-state index contributed by atoms with van der Waals surface area (Å²) >= 11 is 5.94. The van der Waals surface area contributed by atoms with Gasteiger partial charge >= 0.3 is 0 Å². The second kappa shape index (κ2) is 6.31. The van der Waals surface area contributed by atoms with Crippen LogP contribution < -0.4 is 5.32 Å². The average Bonchev–Trinajstić information content (AvgIpc) is 2.87. The number of amides is 1. The van der Waals surface area contributed by atoms with Crippen molar-refractivity contribution in [2.45, 2.75) is 19.6 Å². The fourth-order valence-electron chi connectivity index (χ4n) is 1.51. The minimum absolute atomic E-state index is 0.158.